The average molecular weight is 574 g/mol. The van der Waals surface area contributed by atoms with Crippen LogP contribution < -0.4 is 30.6 Å². The molecule has 1 aliphatic rings. The first-order valence-corrected chi connectivity index (χ1v) is 14.5. The number of anilines is 2. The van der Waals surface area contributed by atoms with Crippen molar-refractivity contribution >= 4 is 46.4 Å². The summed E-state index contributed by atoms with van der Waals surface area (Å²) < 4.78 is 51.1. The molecule has 6 atom stereocenters. The second kappa shape index (κ2) is 11.0. The van der Waals surface area contributed by atoms with E-state index in [1.165, 1.54) is 4.57 Å². The molecule has 0 aliphatic carbocycles. The summed E-state index contributed by atoms with van der Waals surface area (Å²) in [5.74, 6) is 0.157. The molecule has 22 heteroatoms. The van der Waals surface area contributed by atoms with Crippen LogP contribution in [-0.4, -0.2) is 61.2 Å². The van der Waals surface area contributed by atoms with E-state index in [1.807, 2.05) is 6.92 Å². The van der Waals surface area contributed by atoms with Crippen molar-refractivity contribution in [1.82, 2.24) is 19.5 Å². The van der Waals surface area contributed by atoms with E-state index in [0.29, 0.717) is 6.54 Å². The van der Waals surface area contributed by atoms with Crippen LogP contribution in [0.5, 0.6) is 0 Å². The Bertz CT molecular complexity index is 1220. The van der Waals surface area contributed by atoms with Crippen molar-refractivity contribution in [2.75, 3.05) is 24.2 Å². The molecule has 5 N–H and O–H groups in total. The van der Waals surface area contributed by atoms with E-state index in [-0.39, 0.29) is 22.9 Å². The zero-order chi connectivity index (χ0) is 26.9. The van der Waals surface area contributed by atoms with Gasteiger partial charge in [-0.05, 0) is 6.42 Å². The molecule has 0 spiro atoms. The number of nitrogens with zero attached hydrogens (tertiary/aromatic N) is 4. The summed E-state index contributed by atoms with van der Waals surface area (Å²) in [6, 6.07) is 0. The molecule has 0 radical (unpaired) electrons. The van der Waals surface area contributed by atoms with Crippen LogP contribution in [0.25, 0.3) is 11.2 Å². The van der Waals surface area contributed by atoms with Gasteiger partial charge in [0, 0.05) is 6.54 Å². The number of hydrogen-bond donors (Lipinski definition) is 4. The lowest BCUT2D eigenvalue weighted by atomic mass is 10.1. The number of aromatic nitrogens is 4. The molecule has 19 nitrogen and oxygen atoms in total. The van der Waals surface area contributed by atoms with Crippen LogP contribution in [0.4, 0.5) is 11.8 Å². The minimum absolute atomic E-state index is 0.0135. The van der Waals surface area contributed by atoms with Gasteiger partial charge in [-0.1, -0.05) is 13.3 Å². The first-order chi connectivity index (χ1) is 16.6. The number of aliphatic hydroxyl groups excluding tert-OH is 2. The normalized spacial score (nSPS) is 26.1. The largest absolute Gasteiger partial charge is 0.790 e. The summed E-state index contributed by atoms with van der Waals surface area (Å²) >= 11 is 0. The van der Waals surface area contributed by atoms with Crippen LogP contribution in [0.15, 0.2) is 6.33 Å². The third-order valence-corrected chi connectivity index (χ3v) is 8.37. The fraction of sp³-hybridized carbons (Fsp3) is 0.643. The van der Waals surface area contributed by atoms with Gasteiger partial charge in [0.15, 0.2) is 23.2 Å². The number of rotatable bonds is 12. The van der Waals surface area contributed by atoms with Crippen molar-refractivity contribution in [2.24, 2.45) is 0 Å². The SMILES string of the molecule is CCCCNc1nc2c(N)ncnc2n1[C@@H]1O[C@H](COP(=O)([O-])OP(=O)([O-])OP(=O)([O-])[O-])[C@@H](O)[C@H]1O. The van der Waals surface area contributed by atoms with Gasteiger partial charge < -0.3 is 54.7 Å². The summed E-state index contributed by atoms with van der Waals surface area (Å²) in [4.78, 5) is 56.1. The van der Waals surface area contributed by atoms with Gasteiger partial charge in [0.1, 0.15) is 24.6 Å². The number of nitrogens with two attached hydrogens (primary N) is 1. The molecule has 1 aliphatic heterocycles. The highest BCUT2D eigenvalue weighted by atomic mass is 31.3. The third-order valence-electron chi connectivity index (χ3n) is 4.71. The molecule has 0 bridgehead atoms. The Hall–Kier alpha value is -1.56. The van der Waals surface area contributed by atoms with Crippen LogP contribution in [0.2, 0.25) is 0 Å². The first kappa shape index (κ1) is 29.0. The van der Waals surface area contributed by atoms with Crippen LogP contribution in [0.3, 0.4) is 0 Å². The molecule has 2 aromatic rings. The lowest BCUT2D eigenvalue weighted by Crippen LogP contribution is -2.34. The molecule has 0 aromatic carbocycles. The predicted octanol–water partition coefficient (Wildman–Crippen LogP) is -2.94. The second-order valence-electron chi connectivity index (χ2n) is 7.36. The Balaban J connectivity index is 1.79. The first-order valence-electron chi connectivity index (χ1n) is 10.1. The van der Waals surface area contributed by atoms with E-state index in [9.17, 15) is 43.5 Å². The van der Waals surface area contributed by atoms with E-state index in [1.54, 1.807) is 0 Å². The lowest BCUT2D eigenvalue weighted by molar-refractivity contribution is -0.339. The molecule has 36 heavy (non-hydrogen) atoms. The summed E-state index contributed by atoms with van der Waals surface area (Å²) in [5.41, 5.74) is 6.11. The maximum atomic E-state index is 11.8. The smallest absolute Gasteiger partial charge is 0.278 e. The molecule has 2 aromatic heterocycles. The fourth-order valence-electron chi connectivity index (χ4n) is 3.20. The van der Waals surface area contributed by atoms with Crippen molar-refractivity contribution in [3.05, 3.63) is 6.33 Å². The predicted molar refractivity (Wildman–Crippen MR) is 110 cm³/mol. The highest BCUT2D eigenvalue weighted by Gasteiger charge is 2.46. The standard InChI is InChI=1S/C14H25N6O13P3/c1-2-3-4-16-14-19-8-11(15)17-6-18-12(8)20(14)13-10(22)9(21)7(31-13)5-30-35(26,27)33-36(28,29)32-34(23,24)25/h6-7,9-10,13,21-22H,2-5H2,1H3,(H,16,19)(H,26,27)(H,28,29)(H2,15,17,18)(H2,23,24,25)/p-4/t7-,9-,10-,13-/m1/s1. The Morgan fingerprint density at radius 3 is 2.47 bits per heavy atom. The zero-order valence-electron chi connectivity index (χ0n) is 18.3. The number of hydrogen-bond acceptors (Lipinski definition) is 18. The Morgan fingerprint density at radius 1 is 1.14 bits per heavy atom. The van der Waals surface area contributed by atoms with Crippen LogP contribution >= 0.6 is 23.5 Å². The lowest BCUT2D eigenvalue weighted by Gasteiger charge is -2.37. The summed E-state index contributed by atoms with van der Waals surface area (Å²) in [5, 5.41) is 24.0. The number of nitrogen functional groups attached to an aromatic ring is 1. The van der Waals surface area contributed by atoms with Crippen molar-refractivity contribution in [3.8, 4) is 0 Å². The molecule has 3 rings (SSSR count). The molecule has 0 saturated carbocycles. The van der Waals surface area contributed by atoms with Crippen molar-refractivity contribution in [2.45, 2.75) is 44.3 Å². The van der Waals surface area contributed by atoms with Crippen LogP contribution in [0, 0.1) is 0 Å². The number of unbranched alkanes of at least 4 members (excludes halogenated alkanes) is 1. The van der Waals surface area contributed by atoms with E-state index in [4.69, 9.17) is 10.5 Å². The van der Waals surface area contributed by atoms with Crippen LogP contribution in [0.1, 0.15) is 26.0 Å². The van der Waals surface area contributed by atoms with E-state index >= 15 is 0 Å². The molecule has 1 fully saturated rings. The van der Waals surface area contributed by atoms with Gasteiger partial charge in [0.25, 0.3) is 15.6 Å². The molecule has 3 heterocycles. The average Bonchev–Trinajstić information content (AvgIpc) is 3.22. The van der Waals surface area contributed by atoms with Gasteiger partial charge in [-0.15, -0.1) is 0 Å². The highest BCUT2D eigenvalue weighted by Crippen LogP contribution is 2.60. The van der Waals surface area contributed by atoms with Crippen molar-refractivity contribution < 1.29 is 61.4 Å². The highest BCUT2D eigenvalue weighted by molar-refractivity contribution is 7.64. The van der Waals surface area contributed by atoms with Gasteiger partial charge >= 0.3 is 0 Å². The van der Waals surface area contributed by atoms with E-state index < -0.39 is 54.6 Å². The van der Waals surface area contributed by atoms with E-state index in [0.717, 1.165) is 19.2 Å². The molecule has 1 saturated heterocycles. The summed E-state index contributed by atoms with van der Waals surface area (Å²) in [6.45, 7) is 1.32. The number of nitrogens with one attached hydrogen (secondary N) is 1. The Morgan fingerprint density at radius 2 is 1.83 bits per heavy atom. The van der Waals surface area contributed by atoms with Gasteiger partial charge in [0.2, 0.25) is 5.95 Å². The van der Waals surface area contributed by atoms with Gasteiger partial charge in [-0.3, -0.25) is 18.0 Å². The monoisotopic (exact) mass is 574 g/mol. The minimum Gasteiger partial charge on any atom is -0.790 e. The maximum absolute atomic E-state index is 11.8. The number of fused-ring (bicyclic) bond motifs is 1. The van der Waals surface area contributed by atoms with Gasteiger partial charge in [-0.25, -0.2) is 19.3 Å². The van der Waals surface area contributed by atoms with Gasteiger partial charge in [-0.2, -0.15) is 0 Å². The topological polar surface area (TPSA) is 302 Å². The fourth-order valence-corrected chi connectivity index (χ4v) is 6.06. The Labute approximate surface area is 202 Å². The number of ether oxygens (including phenoxy) is 1. The Kier molecular flexibility index (Phi) is 8.90. The zero-order valence-corrected chi connectivity index (χ0v) is 21.0. The van der Waals surface area contributed by atoms with Crippen molar-refractivity contribution in [1.29, 1.82) is 0 Å². The quantitative estimate of drug-likeness (QED) is 0.145. The second-order valence-corrected chi connectivity index (χ2v) is 11.6. The van der Waals surface area contributed by atoms with Crippen molar-refractivity contribution in [3.63, 3.8) is 0 Å². The molecular weight excluding hydrogens is 553 g/mol. The number of phosphoric acid groups is 3. The molecule has 2 unspecified atom stereocenters. The number of imidazole rings is 1. The summed E-state index contributed by atoms with van der Waals surface area (Å²) in [6.07, 6.45) is -3.72. The number of aliphatic hydroxyl groups is 2. The van der Waals surface area contributed by atoms with E-state index in [2.05, 4.69) is 33.4 Å². The maximum Gasteiger partial charge on any atom is 0.278 e. The third kappa shape index (κ3) is 7.05. The van der Waals surface area contributed by atoms with Crippen LogP contribution in [-0.2, 0) is 31.6 Å². The van der Waals surface area contributed by atoms with Gasteiger partial charge in [0.05, 0.1) is 14.4 Å². The molecule has 0 amide bonds. The minimum atomic E-state index is -6.17. The number of phosphoric ester groups is 1. The molecule has 204 valence electrons. The molecular formula is C14H21N6O13P3-4. The summed E-state index contributed by atoms with van der Waals surface area (Å²) in [7, 11) is -18.2.